The first kappa shape index (κ1) is 25.7. The Kier molecular flexibility index (Phi) is 10.1. The van der Waals surface area contributed by atoms with Crippen molar-refractivity contribution in [3.63, 3.8) is 0 Å². The number of hydrogen-bond donors (Lipinski definition) is 2. The Morgan fingerprint density at radius 2 is 1.44 bits per heavy atom. The van der Waals surface area contributed by atoms with E-state index in [0.29, 0.717) is 18.6 Å². The summed E-state index contributed by atoms with van der Waals surface area (Å²) in [6.07, 6.45) is 2.13. The summed E-state index contributed by atoms with van der Waals surface area (Å²) in [4.78, 5) is 11.8. The summed E-state index contributed by atoms with van der Waals surface area (Å²) in [7, 11) is 0. The molecule has 1 rings (SSSR count). The van der Waals surface area contributed by atoms with E-state index < -0.39 is 0 Å². The molecule has 0 fully saturated rings. The number of hydrogen-bond acceptors (Lipinski definition) is 2. The molecule has 1 amide bonds. The Bertz CT molecular complexity index is 513. The lowest BCUT2D eigenvalue weighted by molar-refractivity contribution is -0.121. The molecule has 0 radical (unpaired) electrons. The summed E-state index contributed by atoms with van der Waals surface area (Å²) in [6.45, 7) is 15.4. The van der Waals surface area contributed by atoms with Gasteiger partial charge in [-0.3, -0.25) is 4.79 Å². The fourth-order valence-electron chi connectivity index (χ4n) is 2.59. The van der Waals surface area contributed by atoms with Gasteiger partial charge in [-0.1, -0.05) is 75.5 Å². The summed E-state index contributed by atoms with van der Waals surface area (Å²) in [5.74, 6) is 0.485. The molecule has 0 aromatic heterocycles. The second kappa shape index (κ2) is 9.84. The highest BCUT2D eigenvalue weighted by molar-refractivity contribution is 5.76. The van der Waals surface area contributed by atoms with Crippen molar-refractivity contribution >= 4 is 5.91 Å². The van der Waals surface area contributed by atoms with Crippen LogP contribution in [0.3, 0.4) is 0 Å². The van der Waals surface area contributed by atoms with Crippen LogP contribution in [-0.4, -0.2) is 17.6 Å². The minimum Gasteiger partial charge on any atom is -0.507 e. The van der Waals surface area contributed by atoms with Gasteiger partial charge in [-0.15, -0.1) is 0 Å². The van der Waals surface area contributed by atoms with Gasteiger partial charge in [0.15, 0.2) is 0 Å². The summed E-state index contributed by atoms with van der Waals surface area (Å²) >= 11 is 0. The van der Waals surface area contributed by atoms with E-state index in [9.17, 15) is 9.90 Å². The molecule has 0 saturated carbocycles. The minimum absolute atomic E-state index is 0. The molecule has 146 valence electrons. The second-order valence-electron chi connectivity index (χ2n) is 8.39. The first-order valence-electron chi connectivity index (χ1n) is 8.60. The Morgan fingerprint density at radius 3 is 1.80 bits per heavy atom. The topological polar surface area (TPSA) is 49.3 Å². The zero-order chi connectivity index (χ0) is 17.8. The Labute approximate surface area is 156 Å². The van der Waals surface area contributed by atoms with E-state index in [1.165, 1.54) is 0 Å². The van der Waals surface area contributed by atoms with Gasteiger partial charge in [-0.05, 0) is 40.4 Å². The summed E-state index contributed by atoms with van der Waals surface area (Å²) in [5, 5.41) is 13.6. The fourth-order valence-corrected chi connectivity index (χ4v) is 2.59. The highest BCUT2D eigenvalue weighted by Crippen LogP contribution is 2.39. The molecule has 0 heterocycles. The standard InChI is InChI=1S/C20H33NO2.2CH4/c1-8-11-21-17(22)10-9-14-12-15(19(2,3)4)18(23)16(13-14)20(5,6)7;;/h12-13,23H,8-11H2,1-7H3,(H,21,22);2*1H4. The molecule has 1 aromatic carbocycles. The molecular formula is C22H41NO2. The van der Waals surface area contributed by atoms with Crippen molar-refractivity contribution in [2.45, 2.75) is 93.4 Å². The highest BCUT2D eigenvalue weighted by atomic mass is 16.3. The average Bonchev–Trinajstić information content (AvgIpc) is 2.41. The van der Waals surface area contributed by atoms with Crippen LogP contribution in [0.5, 0.6) is 5.75 Å². The van der Waals surface area contributed by atoms with Crippen LogP contribution in [0.4, 0.5) is 0 Å². The van der Waals surface area contributed by atoms with E-state index in [1.807, 2.05) is 6.92 Å². The van der Waals surface area contributed by atoms with Gasteiger partial charge in [0.05, 0.1) is 0 Å². The van der Waals surface area contributed by atoms with Gasteiger partial charge in [-0.25, -0.2) is 0 Å². The van der Waals surface area contributed by atoms with E-state index in [-0.39, 0.29) is 31.6 Å². The molecule has 1 aromatic rings. The Hall–Kier alpha value is -1.51. The third kappa shape index (κ3) is 7.50. The summed E-state index contributed by atoms with van der Waals surface area (Å²) in [5.41, 5.74) is 2.75. The normalized spacial score (nSPS) is 11.3. The maximum Gasteiger partial charge on any atom is 0.220 e. The lowest BCUT2D eigenvalue weighted by atomic mass is 9.78. The molecule has 25 heavy (non-hydrogen) atoms. The molecule has 0 unspecified atom stereocenters. The molecule has 0 atom stereocenters. The molecule has 0 aliphatic rings. The summed E-state index contributed by atoms with van der Waals surface area (Å²) < 4.78 is 0. The van der Waals surface area contributed by atoms with E-state index in [1.54, 1.807) is 0 Å². The number of nitrogens with one attached hydrogen (secondary N) is 1. The quantitative estimate of drug-likeness (QED) is 0.713. The molecule has 0 spiro atoms. The van der Waals surface area contributed by atoms with Gasteiger partial charge >= 0.3 is 0 Å². The van der Waals surface area contributed by atoms with Crippen molar-refractivity contribution < 1.29 is 9.90 Å². The summed E-state index contributed by atoms with van der Waals surface area (Å²) in [6, 6.07) is 4.11. The van der Waals surface area contributed by atoms with Gasteiger partial charge in [0.25, 0.3) is 0 Å². The number of aryl methyl sites for hydroxylation is 1. The van der Waals surface area contributed by atoms with Crippen molar-refractivity contribution in [3.05, 3.63) is 28.8 Å². The van der Waals surface area contributed by atoms with E-state index in [0.717, 1.165) is 29.7 Å². The number of phenols is 1. The predicted octanol–water partition coefficient (Wildman–Crippen LogP) is 5.72. The van der Waals surface area contributed by atoms with Gasteiger partial charge in [0, 0.05) is 13.0 Å². The molecule has 0 bridgehead atoms. The number of rotatable bonds is 5. The minimum atomic E-state index is -0.134. The van der Waals surface area contributed by atoms with Crippen LogP contribution >= 0.6 is 0 Å². The number of aromatic hydroxyl groups is 1. The number of phenolic OH excluding ortho intramolecular Hbond substituents is 1. The third-order valence-corrected chi connectivity index (χ3v) is 4.00. The molecule has 3 nitrogen and oxygen atoms in total. The second-order valence-corrected chi connectivity index (χ2v) is 8.39. The Morgan fingerprint density at radius 1 is 1.00 bits per heavy atom. The van der Waals surface area contributed by atoms with Crippen molar-refractivity contribution in [3.8, 4) is 5.75 Å². The van der Waals surface area contributed by atoms with Crippen molar-refractivity contribution in [2.24, 2.45) is 0 Å². The highest BCUT2D eigenvalue weighted by Gasteiger charge is 2.26. The number of amides is 1. The maximum absolute atomic E-state index is 11.8. The molecule has 0 saturated heterocycles. The van der Waals surface area contributed by atoms with E-state index in [2.05, 4.69) is 59.0 Å². The van der Waals surface area contributed by atoms with Gasteiger partial charge < -0.3 is 10.4 Å². The first-order valence-corrected chi connectivity index (χ1v) is 8.60. The number of carbonyl (C=O) groups excluding carboxylic acids is 1. The smallest absolute Gasteiger partial charge is 0.220 e. The number of benzene rings is 1. The Balaban J connectivity index is 0. The van der Waals surface area contributed by atoms with Crippen LogP contribution in [0, 0.1) is 0 Å². The van der Waals surface area contributed by atoms with E-state index >= 15 is 0 Å². The lowest BCUT2D eigenvalue weighted by Gasteiger charge is -2.28. The predicted molar refractivity (Wildman–Crippen MR) is 111 cm³/mol. The molecule has 3 heteroatoms. The molecule has 2 N–H and O–H groups in total. The molecule has 0 aliphatic carbocycles. The SMILES string of the molecule is C.C.CCCNC(=O)CCc1cc(C(C)(C)C)c(O)c(C(C)(C)C)c1. The fraction of sp³-hybridized carbons (Fsp3) is 0.682. The largest absolute Gasteiger partial charge is 0.507 e. The van der Waals surface area contributed by atoms with Gasteiger partial charge in [0.1, 0.15) is 5.75 Å². The van der Waals surface area contributed by atoms with Crippen LogP contribution < -0.4 is 5.32 Å². The van der Waals surface area contributed by atoms with Crippen LogP contribution in [0.1, 0.15) is 92.9 Å². The number of carbonyl (C=O) groups is 1. The van der Waals surface area contributed by atoms with Crippen molar-refractivity contribution in [2.75, 3.05) is 6.54 Å². The third-order valence-electron chi connectivity index (χ3n) is 4.00. The lowest BCUT2D eigenvalue weighted by Crippen LogP contribution is -2.24. The van der Waals surface area contributed by atoms with Crippen LogP contribution in [0.15, 0.2) is 12.1 Å². The zero-order valence-corrected chi connectivity index (χ0v) is 15.8. The van der Waals surface area contributed by atoms with E-state index in [4.69, 9.17) is 0 Å². The monoisotopic (exact) mass is 351 g/mol. The zero-order valence-electron chi connectivity index (χ0n) is 15.8. The van der Waals surface area contributed by atoms with Crippen LogP contribution in [0.2, 0.25) is 0 Å². The average molecular weight is 352 g/mol. The first-order chi connectivity index (χ1) is 10.5. The molecular weight excluding hydrogens is 310 g/mol. The maximum atomic E-state index is 11.8. The van der Waals surface area contributed by atoms with Crippen molar-refractivity contribution in [1.29, 1.82) is 0 Å². The van der Waals surface area contributed by atoms with Crippen LogP contribution in [-0.2, 0) is 22.0 Å². The van der Waals surface area contributed by atoms with Gasteiger partial charge in [0.2, 0.25) is 5.91 Å². The molecule has 0 aliphatic heterocycles. The van der Waals surface area contributed by atoms with Crippen LogP contribution in [0.25, 0.3) is 0 Å². The van der Waals surface area contributed by atoms with Crippen molar-refractivity contribution in [1.82, 2.24) is 5.32 Å². The van der Waals surface area contributed by atoms with Gasteiger partial charge in [-0.2, -0.15) is 0 Å².